The van der Waals surface area contributed by atoms with E-state index >= 15 is 52.7 Å². The Kier molecular flexibility index (Phi) is 21.2. The van der Waals surface area contributed by atoms with Crippen LogP contribution in [0.15, 0.2) is 44.2 Å². The van der Waals surface area contributed by atoms with Crippen molar-refractivity contribution in [1.82, 2.24) is 28.7 Å². The molecule has 0 fully saturated rings. The molecule has 0 bridgehead atoms. The third-order valence-corrected chi connectivity index (χ3v) is 23.7. The van der Waals surface area contributed by atoms with Gasteiger partial charge in [-0.05, 0) is 0 Å². The van der Waals surface area contributed by atoms with Crippen LogP contribution in [0.5, 0.6) is 0 Å². The molecule has 0 aromatic heterocycles. The van der Waals surface area contributed by atoms with E-state index in [9.17, 15) is 79.0 Å². The Morgan fingerprint density at radius 3 is 0.354 bits per heavy atom. The van der Waals surface area contributed by atoms with E-state index in [1.807, 2.05) is 0 Å². The van der Waals surface area contributed by atoms with Gasteiger partial charge in [0, 0.05) is 42.3 Å². The Morgan fingerprint density at radius 1 is 0.177 bits per heavy atom. The predicted octanol–water partition coefficient (Wildman–Crippen LogP) is 15.8. The highest BCUT2D eigenvalue weighted by Crippen LogP contribution is 2.83. The Bertz CT molecular complexity index is 3730. The van der Waals surface area contributed by atoms with Crippen LogP contribution in [0.1, 0.15) is 33.4 Å². The van der Waals surface area contributed by atoms with Crippen molar-refractivity contribution in [3.8, 4) is 0 Å². The first-order chi connectivity index (χ1) is 44.5. The summed E-state index contributed by atoms with van der Waals surface area (Å²) < 4.78 is 461. The van der Waals surface area contributed by atoms with Gasteiger partial charge >= 0.3 is 22.5 Å². The van der Waals surface area contributed by atoms with E-state index in [4.69, 9.17) is 0 Å². The minimum absolute atomic E-state index is 0.147. The summed E-state index contributed by atoms with van der Waals surface area (Å²) in [6.45, 7) is 0. The molecule has 6 aromatic rings. The van der Waals surface area contributed by atoms with Crippen molar-refractivity contribution in [2.75, 3.05) is 42.3 Å². The van der Waals surface area contributed by atoms with Gasteiger partial charge < -0.3 is 0 Å². The van der Waals surface area contributed by atoms with E-state index in [0.717, 1.165) is 0 Å². The van der Waals surface area contributed by atoms with Crippen molar-refractivity contribution in [2.45, 2.75) is 0 Å². The highest BCUT2D eigenvalue weighted by Gasteiger charge is 2.51. The first-order valence-corrected chi connectivity index (χ1v) is 29.0. The number of nitrogens with zero attached hydrogens (tertiary/aromatic N) is 15. The highest BCUT2D eigenvalue weighted by molar-refractivity contribution is 7.82. The summed E-state index contributed by atoms with van der Waals surface area (Å²) in [4.78, 5) is 0. The van der Waals surface area contributed by atoms with Crippen molar-refractivity contribution in [3.05, 3.63) is 208 Å². The Morgan fingerprint density at radius 2 is 0.260 bits per heavy atom. The lowest BCUT2D eigenvalue weighted by Crippen LogP contribution is -2.29. The van der Waals surface area contributed by atoms with Gasteiger partial charge in [-0.2, -0.15) is 44.2 Å². The molecule has 1 heterocycles. The standard InChI is InChI=1S/C48H24F30N15P3/c1-88(79-7-13-19(49)31(61)43(73)32(62)20(13)50)94(89(2)80-8-14-21(51)33(63)44(74)34(64)22(14)52)85-95(90(3)81-9-15-23(53)35(65)45(75)36(66)24(15)54,91(4)82-10-16-25(55)37(67)46(76)38(68)26(16)56)87-96(86-94,92(5)83-11-17-27(57)39(69)47(77)40(70)28(17)58)93(6)84-12-18-29(59)41(71)48(78)42(72)30(18)60/h7-12H,1-6H3/b79-7-,80-8-,81-9-,82-10-,83-11-,84-12?. The monoisotopic (exact) mass is 1470 g/mol. The second kappa shape index (κ2) is 27.5. The predicted molar refractivity (Wildman–Crippen MR) is 278 cm³/mol. The van der Waals surface area contributed by atoms with Crippen molar-refractivity contribution in [3.63, 3.8) is 0 Å². The molecule has 0 spiro atoms. The van der Waals surface area contributed by atoms with E-state index in [-0.39, 0.29) is 28.7 Å². The van der Waals surface area contributed by atoms with Gasteiger partial charge in [0.1, 0.15) is 0 Å². The lowest BCUT2D eigenvalue weighted by atomic mass is 10.2. The largest absolute Gasteiger partial charge is 0.304 e. The molecule has 96 heavy (non-hydrogen) atoms. The molecule has 1 aliphatic rings. The van der Waals surface area contributed by atoms with Crippen LogP contribution < -0.4 is 0 Å². The lowest BCUT2D eigenvalue weighted by Gasteiger charge is -2.46. The molecule has 6 aromatic carbocycles. The molecule has 15 nitrogen and oxygen atoms in total. The second-order valence-electron chi connectivity index (χ2n) is 18.2. The molecular formula is C48H24F30N15P3. The minimum Gasteiger partial charge on any atom is -0.228 e. The summed E-state index contributed by atoms with van der Waals surface area (Å²) in [5.74, 6) is -84.5. The molecule has 1 unspecified atom stereocenters. The molecule has 1 atom stereocenters. The minimum atomic E-state index is -6.20. The van der Waals surface area contributed by atoms with Crippen LogP contribution in [-0.2, 0) is 0 Å². The maximum Gasteiger partial charge on any atom is 0.304 e. The Labute approximate surface area is 513 Å². The molecule has 0 amide bonds. The zero-order chi connectivity index (χ0) is 72.4. The number of hydrogen-bond acceptors (Lipinski definition) is 15. The number of rotatable bonds is 18. The van der Waals surface area contributed by atoms with Gasteiger partial charge in [0.2, 0.25) is 34.9 Å². The molecule has 516 valence electrons. The summed E-state index contributed by atoms with van der Waals surface area (Å²) in [5, 5.41) is 21.1. The zero-order valence-corrected chi connectivity index (χ0v) is 49.5. The third-order valence-electron chi connectivity index (χ3n) is 12.6. The molecule has 0 radical (unpaired) electrons. The summed E-state index contributed by atoms with van der Waals surface area (Å²) in [6.07, 6.45) is -2.40. The molecule has 1 aliphatic heterocycles. The summed E-state index contributed by atoms with van der Waals surface area (Å²) >= 11 is 0. The summed E-state index contributed by atoms with van der Waals surface area (Å²) in [5.41, 5.74) is -12.9. The molecule has 48 heteroatoms. The van der Waals surface area contributed by atoms with E-state index in [2.05, 4.69) is 44.2 Å². The summed E-state index contributed by atoms with van der Waals surface area (Å²) in [7, 11) is -16.8. The normalized spacial score (nSPS) is 15.5. The molecule has 0 saturated heterocycles. The van der Waals surface area contributed by atoms with Crippen LogP contribution in [0.25, 0.3) is 0 Å². The molecular weight excluding hydrogens is 1450 g/mol. The van der Waals surface area contributed by atoms with E-state index in [0.29, 0.717) is 42.3 Å². The lowest BCUT2D eigenvalue weighted by molar-refractivity contribution is 0.377. The van der Waals surface area contributed by atoms with Gasteiger partial charge in [-0.25, -0.2) is 160 Å². The molecule has 0 aliphatic carbocycles. The third kappa shape index (κ3) is 12.4. The maximum absolute atomic E-state index is 15.5. The molecule has 7 rings (SSSR count). The van der Waals surface area contributed by atoms with Crippen molar-refractivity contribution < 1.29 is 132 Å². The Balaban J connectivity index is 1.82. The highest BCUT2D eigenvalue weighted by atomic mass is 31.3. The van der Waals surface area contributed by atoms with Gasteiger partial charge in [-0.15, -0.1) is 0 Å². The van der Waals surface area contributed by atoms with Crippen LogP contribution in [0.2, 0.25) is 0 Å². The van der Waals surface area contributed by atoms with E-state index < -0.39 is 268 Å². The number of hydrogen-bond donors (Lipinski definition) is 0. The van der Waals surface area contributed by atoms with Crippen LogP contribution in [-0.4, -0.2) is 108 Å². The molecule has 0 saturated carbocycles. The van der Waals surface area contributed by atoms with E-state index in [1.54, 1.807) is 0 Å². The maximum atomic E-state index is 15.5. The van der Waals surface area contributed by atoms with Gasteiger partial charge in [0.05, 0.1) is 70.7 Å². The van der Waals surface area contributed by atoms with Crippen molar-refractivity contribution in [1.29, 1.82) is 0 Å². The van der Waals surface area contributed by atoms with Crippen LogP contribution in [0.3, 0.4) is 0 Å². The SMILES string of the molecule is CN(N=Cc1c(F)c(F)c(F)c(F)c1F)P1(N(C)/N=C\c2c(F)c(F)c(F)c(F)c2F)=NP(N(C)/N=C\c2c(F)c(F)c(F)c(F)c2F)(N(C)/N=C\c2c(F)c(F)c(F)c(F)c2F)=NP(N(C)/N=C\c2c(F)c(F)c(F)c(F)c2F)(N(C)/N=C\c2c(F)c(F)c(F)c(F)c2F)=N1. The van der Waals surface area contributed by atoms with Gasteiger partial charge in [-0.3, -0.25) is 0 Å². The van der Waals surface area contributed by atoms with E-state index in [1.165, 1.54) is 0 Å². The average Bonchev–Trinajstić information content (AvgIpc) is 0.712. The van der Waals surface area contributed by atoms with Crippen LogP contribution >= 0.6 is 22.5 Å². The summed E-state index contributed by atoms with van der Waals surface area (Å²) in [6, 6.07) is 0. The fraction of sp³-hybridized carbons (Fsp3) is 0.125. The second-order valence-corrected chi connectivity index (χ2v) is 27.0. The number of halogens is 30. The average molecular weight is 1470 g/mol. The fourth-order valence-corrected chi connectivity index (χ4v) is 20.5. The fourth-order valence-electron chi connectivity index (χ4n) is 7.47. The number of hydrazone groups is 6. The Hall–Kier alpha value is -9.27. The zero-order valence-electron chi connectivity index (χ0n) is 46.9. The topological polar surface area (TPSA) is 131 Å². The molecule has 0 N–H and O–H groups in total. The first kappa shape index (κ1) is 74.1. The van der Waals surface area contributed by atoms with Gasteiger partial charge in [0.25, 0.3) is 0 Å². The van der Waals surface area contributed by atoms with Crippen LogP contribution in [0, 0.1) is 175 Å². The first-order valence-electron chi connectivity index (χ1n) is 24.2. The van der Waals surface area contributed by atoms with Gasteiger partial charge in [-0.1, -0.05) is 0 Å². The smallest absolute Gasteiger partial charge is 0.228 e. The number of benzene rings is 6. The quantitative estimate of drug-likeness (QED) is 0.0210. The van der Waals surface area contributed by atoms with Crippen molar-refractivity contribution in [2.24, 2.45) is 44.2 Å². The van der Waals surface area contributed by atoms with Crippen LogP contribution in [0.4, 0.5) is 132 Å². The van der Waals surface area contributed by atoms with Crippen molar-refractivity contribution >= 4 is 59.8 Å². The van der Waals surface area contributed by atoms with Gasteiger partial charge in [0.15, 0.2) is 140 Å².